The number of aromatic nitrogens is 6. The maximum Gasteiger partial charge on any atom is 0.401 e. The van der Waals surface area contributed by atoms with Gasteiger partial charge in [-0.15, -0.1) is 0 Å². The number of methoxy groups -OCH3 is 1. The molecule has 13 rings (SSSR count). The summed E-state index contributed by atoms with van der Waals surface area (Å²) in [5, 5.41) is 16.8. The third-order valence-electron chi connectivity index (χ3n) is 25.6. The summed E-state index contributed by atoms with van der Waals surface area (Å²) in [6.07, 6.45) is 22.3. The van der Waals surface area contributed by atoms with Crippen LogP contribution in [0.4, 0.5) is 30.2 Å². The van der Waals surface area contributed by atoms with Crippen molar-refractivity contribution in [3.63, 3.8) is 0 Å². The lowest BCUT2D eigenvalue weighted by Crippen LogP contribution is -2.57. The molecule has 610 valence electrons. The molecule has 7 aliphatic rings. The van der Waals surface area contributed by atoms with Crippen molar-refractivity contribution in [2.75, 3.05) is 88.3 Å². The van der Waals surface area contributed by atoms with E-state index in [4.69, 9.17) is 4.74 Å². The van der Waals surface area contributed by atoms with Crippen LogP contribution in [0.25, 0.3) is 32.7 Å². The van der Waals surface area contributed by atoms with Crippen LogP contribution in [0.15, 0.2) is 105 Å². The van der Waals surface area contributed by atoms with Gasteiger partial charge in [-0.25, -0.2) is 0 Å². The molecule has 4 fully saturated rings. The molecular weight excluding hydrogens is 1430 g/mol. The molecule has 0 N–H and O–H groups in total. The number of rotatable bonds is 25. The van der Waals surface area contributed by atoms with E-state index in [0.29, 0.717) is 120 Å². The minimum absolute atomic E-state index is 0.0257. The van der Waals surface area contributed by atoms with Crippen LogP contribution < -0.4 is 14.7 Å². The van der Waals surface area contributed by atoms with Crippen molar-refractivity contribution in [1.82, 2.24) is 44.0 Å². The Morgan fingerprint density at radius 1 is 0.478 bits per heavy atom. The molecule has 19 nitrogen and oxygen atoms in total. The van der Waals surface area contributed by atoms with Gasteiger partial charge in [-0.2, -0.15) is 28.5 Å². The minimum atomic E-state index is -4.20. The lowest BCUT2D eigenvalue weighted by Gasteiger charge is -2.47. The predicted molar refractivity (Wildman–Crippen MR) is 448 cm³/mol. The lowest BCUT2D eigenvalue weighted by molar-refractivity contribution is -0.148. The van der Waals surface area contributed by atoms with Gasteiger partial charge in [-0.1, -0.05) is 34.9 Å². The second-order valence-electron chi connectivity index (χ2n) is 33.5. The maximum absolute atomic E-state index is 13.7. The summed E-state index contributed by atoms with van der Waals surface area (Å²) < 4.78 is 49.7. The Labute approximate surface area is 667 Å². The number of ketones is 6. The van der Waals surface area contributed by atoms with Crippen molar-refractivity contribution in [3.05, 3.63) is 139 Å². The second kappa shape index (κ2) is 36.6. The minimum Gasteiger partial charge on any atom is -0.379 e. The molecule has 5 aliphatic carbocycles. The van der Waals surface area contributed by atoms with E-state index in [1.54, 1.807) is 10.9 Å². The number of carbonyl (C=O) groups excluding carboxylic acids is 6. The summed E-state index contributed by atoms with van der Waals surface area (Å²) in [7, 11) is 11.9. The number of halogens is 3. The molecule has 22 heteroatoms. The van der Waals surface area contributed by atoms with Crippen LogP contribution in [0.3, 0.4) is 0 Å². The van der Waals surface area contributed by atoms with E-state index in [-0.39, 0.29) is 47.2 Å². The number of ether oxygens (including phenoxy) is 1. The highest BCUT2D eigenvalue weighted by molar-refractivity contribution is 6.10. The van der Waals surface area contributed by atoms with Gasteiger partial charge in [-0.3, -0.25) is 52.6 Å². The lowest BCUT2D eigenvalue weighted by atomic mass is 9.86. The van der Waals surface area contributed by atoms with E-state index in [0.717, 1.165) is 180 Å². The number of anilines is 3. The van der Waals surface area contributed by atoms with Crippen LogP contribution in [0.2, 0.25) is 0 Å². The third-order valence-corrected chi connectivity index (χ3v) is 25.6. The molecule has 0 bridgehead atoms. The molecule has 0 amide bonds. The smallest absolute Gasteiger partial charge is 0.379 e. The molecule has 0 spiro atoms. The topological polar surface area (TPSA) is 185 Å². The molecule has 5 heterocycles. The number of carbonyl (C=O) groups is 6. The van der Waals surface area contributed by atoms with Crippen molar-refractivity contribution in [3.8, 4) is 0 Å². The van der Waals surface area contributed by atoms with Crippen LogP contribution in [0.1, 0.15) is 232 Å². The molecule has 0 unspecified atom stereocenters. The fourth-order valence-corrected chi connectivity index (χ4v) is 19.6. The largest absolute Gasteiger partial charge is 0.401 e. The van der Waals surface area contributed by atoms with Gasteiger partial charge in [0.2, 0.25) is 0 Å². The summed E-state index contributed by atoms with van der Waals surface area (Å²) in [5.74, 6) is 0.574. The summed E-state index contributed by atoms with van der Waals surface area (Å²) >= 11 is 0. The van der Waals surface area contributed by atoms with E-state index < -0.39 is 12.7 Å². The van der Waals surface area contributed by atoms with E-state index in [9.17, 15) is 41.9 Å². The van der Waals surface area contributed by atoms with Gasteiger partial charge in [0.25, 0.3) is 0 Å². The molecule has 6 aromatic rings. The molecular formula is C91H123F3N12O7. The zero-order chi connectivity index (χ0) is 81.8. The van der Waals surface area contributed by atoms with E-state index in [1.807, 2.05) is 131 Å². The SMILES string of the molecule is CCN(c1cc(C(=O)CCC2=C(C)C=C(C)CC2=O)c(C)c2c1cnn2C)C1CCC(N(C)C)CC1.CCN(c1cc(C(=O)CCC2=C(C)C=C(C)CC2=O)c(C)c2c1cnn2C)C1CCC(N2CC(OC)C2)CC1.CCN(c1cc(C(=O)CCC2=C(C)C=C(C)CC2=O)c(C)c2c1cnn2C)C1CCN(CC(F)(F)F)CC1. The summed E-state index contributed by atoms with van der Waals surface area (Å²) in [6.45, 7) is 28.7. The van der Waals surface area contributed by atoms with Gasteiger partial charge in [0.1, 0.15) is 0 Å². The van der Waals surface area contributed by atoms with Crippen LogP contribution >= 0.6 is 0 Å². The van der Waals surface area contributed by atoms with Crippen molar-refractivity contribution < 1.29 is 46.7 Å². The van der Waals surface area contributed by atoms with Crippen LogP contribution in [-0.2, 0) is 40.3 Å². The number of piperidine rings is 1. The van der Waals surface area contributed by atoms with Gasteiger partial charge < -0.3 is 24.3 Å². The molecule has 2 saturated carbocycles. The van der Waals surface area contributed by atoms with Crippen molar-refractivity contribution in [2.45, 2.75) is 248 Å². The monoisotopic (exact) mass is 1550 g/mol. The average Bonchev–Trinajstić information content (AvgIpc) is 1.69. The predicted octanol–water partition coefficient (Wildman–Crippen LogP) is 17.3. The number of nitrogens with zero attached hydrogens (tertiary/aromatic N) is 12. The fourth-order valence-electron chi connectivity index (χ4n) is 19.6. The van der Waals surface area contributed by atoms with Crippen molar-refractivity contribution in [1.29, 1.82) is 0 Å². The number of benzene rings is 3. The Bertz CT molecular complexity index is 4790. The Hall–Kier alpha value is -8.44. The highest BCUT2D eigenvalue weighted by Crippen LogP contribution is 2.42. The molecule has 0 atom stereocenters. The Morgan fingerprint density at radius 2 is 0.788 bits per heavy atom. The highest BCUT2D eigenvalue weighted by Gasteiger charge is 2.39. The first-order chi connectivity index (χ1) is 53.7. The molecule has 2 aliphatic heterocycles. The molecule has 3 aromatic heterocycles. The number of alkyl halides is 3. The van der Waals surface area contributed by atoms with Crippen LogP contribution in [-0.4, -0.2) is 195 Å². The van der Waals surface area contributed by atoms with Crippen molar-refractivity contribution >= 4 is 84.5 Å². The second-order valence-corrected chi connectivity index (χ2v) is 33.5. The number of fused-ring (bicyclic) bond motifs is 3. The number of aryl methyl sites for hydroxylation is 6. The average molecular weight is 1550 g/mol. The van der Waals surface area contributed by atoms with Crippen molar-refractivity contribution in [2.24, 2.45) is 21.1 Å². The quantitative estimate of drug-likeness (QED) is 0.0493. The summed E-state index contributed by atoms with van der Waals surface area (Å²) in [5.41, 5.74) is 19.5. The van der Waals surface area contributed by atoms with Gasteiger partial charge in [0, 0.05) is 193 Å². The van der Waals surface area contributed by atoms with E-state index >= 15 is 0 Å². The third kappa shape index (κ3) is 19.1. The Morgan fingerprint density at radius 3 is 1.08 bits per heavy atom. The van der Waals surface area contributed by atoms with Gasteiger partial charge in [0.05, 0.1) is 47.8 Å². The fraction of sp³-hybridized carbons (Fsp3) is 0.571. The number of Topliss-reactive ketones (excluding diaryl/α,β-unsaturated/α-hetero) is 6. The van der Waals surface area contributed by atoms with Gasteiger partial charge in [0.15, 0.2) is 34.7 Å². The first-order valence-electron chi connectivity index (χ1n) is 41.4. The highest BCUT2D eigenvalue weighted by atomic mass is 19.4. The molecule has 113 heavy (non-hydrogen) atoms. The standard InChI is InChI=1S/C32H44N4O3.C30H42N4O2.C29H37F3N4O2/c1-7-36(24-10-8-23(9-11-24)35-18-25(19-35)39-6)29-16-27(22(4)32-28(29)17-33-34(32)5)30(37)13-12-26-21(3)14-20(2)15-31(26)38;1-8-34(23-11-9-22(10-12-23)32(5)6)27-17-25(21(4)30-26(27)18-31-33(30)7)28(35)14-13-24-20(3)15-19(2)16-29(24)36;1-6-36(21-9-11-35(12-10-21)17-29(30,31)32)25-15-23(20(4)28-24(25)16-33-34(28)5)26(37)8-7-22-19(3)13-18(2)14-27(22)38/h14,16-17,23-25H,7-13,15,18-19H2,1-6H3;15,17-18,22-23H,8-14,16H2,1-7H3;13,15-16,21H,6-12,14,17H2,1-5H3. The summed E-state index contributed by atoms with van der Waals surface area (Å²) in [4.78, 5) is 92.3. The summed E-state index contributed by atoms with van der Waals surface area (Å²) in [6, 6.07) is 8.43. The molecule has 2 saturated heterocycles. The molecule has 3 aromatic carbocycles. The normalized spacial score (nSPS) is 20.5. The van der Waals surface area contributed by atoms with Gasteiger partial charge >= 0.3 is 6.18 Å². The van der Waals surface area contributed by atoms with Gasteiger partial charge in [-0.05, 0) is 249 Å². The van der Waals surface area contributed by atoms with Crippen LogP contribution in [0, 0.1) is 20.8 Å². The zero-order valence-electron chi connectivity index (χ0n) is 70.6. The zero-order valence-corrected chi connectivity index (χ0v) is 70.6. The number of allylic oxidation sites excluding steroid dienone is 12. The Kier molecular flexibility index (Phi) is 27.7. The van der Waals surface area contributed by atoms with E-state index in [1.165, 1.54) is 30.6 Å². The first-order valence-corrected chi connectivity index (χ1v) is 41.4. The maximum atomic E-state index is 13.7. The first kappa shape index (κ1) is 85.4. The Balaban J connectivity index is 0.000000168. The number of likely N-dealkylation sites (tertiary alicyclic amines) is 2. The number of hydrogen-bond donors (Lipinski definition) is 0. The number of hydrogen-bond acceptors (Lipinski definition) is 16. The van der Waals surface area contributed by atoms with Crippen LogP contribution in [0.5, 0.6) is 0 Å². The van der Waals surface area contributed by atoms with E-state index in [2.05, 4.69) is 92.0 Å². The molecule has 0 radical (unpaired) electrons.